The van der Waals surface area contributed by atoms with Crippen LogP contribution in [0.15, 0.2) is 18.5 Å². The molecule has 2 heteroatoms. The van der Waals surface area contributed by atoms with E-state index in [9.17, 15) is 0 Å². The van der Waals surface area contributed by atoms with E-state index < -0.39 is 0 Å². The van der Waals surface area contributed by atoms with E-state index in [1.807, 2.05) is 0 Å². The first kappa shape index (κ1) is 8.30. The Kier molecular flexibility index (Phi) is 1.83. The summed E-state index contributed by atoms with van der Waals surface area (Å²) < 4.78 is 0. The average Bonchev–Trinajstić information content (AvgIpc) is 2.52. The first-order valence-electron chi connectivity index (χ1n) is 4.62. The van der Waals surface area contributed by atoms with Gasteiger partial charge in [0.05, 0.1) is 17.4 Å². The Morgan fingerprint density at radius 1 is 1.31 bits per heavy atom. The van der Waals surface area contributed by atoms with Crippen molar-refractivity contribution in [3.8, 4) is 0 Å². The number of fused-ring (bicyclic) bond motifs is 1. The van der Waals surface area contributed by atoms with E-state index in [4.69, 9.17) is 0 Å². The Morgan fingerprint density at radius 3 is 2.77 bits per heavy atom. The lowest BCUT2D eigenvalue weighted by Crippen LogP contribution is -1.92. The Bertz CT molecular complexity index is 427. The smallest absolute Gasteiger partial charge is 0.0931 e. The predicted octanol–water partition coefficient (Wildman–Crippen LogP) is 2.99. The lowest BCUT2D eigenvalue weighted by atomic mass is 9.97. The van der Waals surface area contributed by atoms with Crippen molar-refractivity contribution in [1.82, 2.24) is 9.97 Å². The van der Waals surface area contributed by atoms with E-state index in [1.54, 1.807) is 6.33 Å². The molecule has 2 aromatic rings. The fourth-order valence-corrected chi connectivity index (χ4v) is 1.79. The van der Waals surface area contributed by atoms with Crippen LogP contribution in [0.1, 0.15) is 30.9 Å². The van der Waals surface area contributed by atoms with Gasteiger partial charge in [-0.3, -0.25) is 0 Å². The summed E-state index contributed by atoms with van der Waals surface area (Å²) in [4.78, 5) is 7.42. The maximum atomic E-state index is 4.31. The van der Waals surface area contributed by atoms with Crippen molar-refractivity contribution in [3.05, 3.63) is 29.6 Å². The fraction of sp³-hybridized carbons (Fsp3) is 0.364. The van der Waals surface area contributed by atoms with Gasteiger partial charge >= 0.3 is 0 Å². The number of aromatic amines is 1. The van der Waals surface area contributed by atoms with Crippen LogP contribution >= 0.6 is 0 Å². The van der Waals surface area contributed by atoms with Gasteiger partial charge in [0, 0.05) is 0 Å². The second kappa shape index (κ2) is 2.87. The molecule has 0 bridgehead atoms. The Balaban J connectivity index is 2.73. The summed E-state index contributed by atoms with van der Waals surface area (Å²) >= 11 is 0. The van der Waals surface area contributed by atoms with Gasteiger partial charge in [0.15, 0.2) is 0 Å². The third-order valence-electron chi connectivity index (χ3n) is 2.51. The number of hydrogen-bond donors (Lipinski definition) is 1. The summed E-state index contributed by atoms with van der Waals surface area (Å²) in [6.45, 7) is 6.56. The van der Waals surface area contributed by atoms with Gasteiger partial charge in [-0.15, -0.1) is 0 Å². The minimum Gasteiger partial charge on any atom is -0.345 e. The highest BCUT2D eigenvalue weighted by atomic mass is 14.9. The Morgan fingerprint density at radius 2 is 2.08 bits per heavy atom. The van der Waals surface area contributed by atoms with E-state index in [2.05, 4.69) is 42.9 Å². The van der Waals surface area contributed by atoms with Gasteiger partial charge in [-0.05, 0) is 30.0 Å². The highest BCUT2D eigenvalue weighted by Gasteiger charge is 2.07. The first-order chi connectivity index (χ1) is 6.20. The summed E-state index contributed by atoms with van der Waals surface area (Å²) in [5.74, 6) is 0.570. The van der Waals surface area contributed by atoms with Gasteiger partial charge in [-0.1, -0.05) is 19.9 Å². The molecular formula is C11H14N2. The molecule has 0 saturated carbocycles. The zero-order valence-corrected chi connectivity index (χ0v) is 8.26. The van der Waals surface area contributed by atoms with Gasteiger partial charge in [-0.25, -0.2) is 4.98 Å². The molecule has 0 amide bonds. The predicted molar refractivity (Wildman–Crippen MR) is 54.9 cm³/mol. The van der Waals surface area contributed by atoms with Gasteiger partial charge in [0.25, 0.3) is 0 Å². The largest absolute Gasteiger partial charge is 0.345 e. The van der Waals surface area contributed by atoms with E-state index in [1.165, 1.54) is 11.1 Å². The Hall–Kier alpha value is -1.31. The number of aryl methyl sites for hydroxylation is 1. The monoisotopic (exact) mass is 174 g/mol. The molecule has 1 heterocycles. The maximum Gasteiger partial charge on any atom is 0.0931 e. The molecule has 2 nitrogen and oxygen atoms in total. The molecule has 0 aliphatic rings. The molecule has 0 fully saturated rings. The number of benzene rings is 1. The van der Waals surface area contributed by atoms with E-state index >= 15 is 0 Å². The van der Waals surface area contributed by atoms with Gasteiger partial charge in [-0.2, -0.15) is 0 Å². The number of nitrogens with zero attached hydrogens (tertiary/aromatic N) is 1. The Labute approximate surface area is 78.0 Å². The molecule has 1 aromatic carbocycles. The molecule has 0 spiro atoms. The second-order valence-corrected chi connectivity index (χ2v) is 3.73. The van der Waals surface area contributed by atoms with Crippen molar-refractivity contribution < 1.29 is 0 Å². The zero-order valence-electron chi connectivity index (χ0n) is 8.26. The molecular weight excluding hydrogens is 160 g/mol. The molecule has 0 saturated heterocycles. The van der Waals surface area contributed by atoms with Crippen molar-refractivity contribution in [2.75, 3.05) is 0 Å². The standard InChI is InChI=1S/C11H14N2/c1-7(2)9-4-5-10-11(8(9)3)13-6-12-10/h4-7H,1-3H3,(H,12,13). The zero-order chi connectivity index (χ0) is 9.42. The van der Waals surface area contributed by atoms with Crippen LogP contribution in [-0.4, -0.2) is 9.97 Å². The fourth-order valence-electron chi connectivity index (χ4n) is 1.79. The van der Waals surface area contributed by atoms with Gasteiger partial charge in [0.2, 0.25) is 0 Å². The quantitative estimate of drug-likeness (QED) is 0.707. The van der Waals surface area contributed by atoms with Crippen molar-refractivity contribution in [1.29, 1.82) is 0 Å². The van der Waals surface area contributed by atoms with Gasteiger partial charge in [0.1, 0.15) is 0 Å². The number of hydrogen-bond acceptors (Lipinski definition) is 1. The molecule has 0 radical (unpaired) electrons. The molecule has 0 unspecified atom stereocenters. The summed E-state index contributed by atoms with van der Waals surface area (Å²) in [5, 5.41) is 0. The number of nitrogens with one attached hydrogen (secondary N) is 1. The van der Waals surface area contributed by atoms with Crippen molar-refractivity contribution in [2.45, 2.75) is 26.7 Å². The van der Waals surface area contributed by atoms with E-state index in [-0.39, 0.29) is 0 Å². The summed E-state index contributed by atoms with van der Waals surface area (Å²) in [5.41, 5.74) is 4.92. The number of aromatic nitrogens is 2. The molecule has 0 atom stereocenters. The number of H-pyrrole nitrogens is 1. The van der Waals surface area contributed by atoms with Crippen molar-refractivity contribution in [2.24, 2.45) is 0 Å². The minimum atomic E-state index is 0.570. The molecule has 13 heavy (non-hydrogen) atoms. The van der Waals surface area contributed by atoms with Crippen molar-refractivity contribution >= 4 is 11.0 Å². The number of imidazole rings is 1. The van der Waals surface area contributed by atoms with Crippen LogP contribution in [0, 0.1) is 6.92 Å². The first-order valence-corrected chi connectivity index (χ1v) is 4.62. The lowest BCUT2D eigenvalue weighted by molar-refractivity contribution is 0.859. The topological polar surface area (TPSA) is 28.7 Å². The minimum absolute atomic E-state index is 0.570. The van der Waals surface area contributed by atoms with Crippen LogP contribution in [0.2, 0.25) is 0 Å². The summed E-state index contributed by atoms with van der Waals surface area (Å²) in [6.07, 6.45) is 1.75. The van der Waals surface area contributed by atoms with Crippen LogP contribution in [-0.2, 0) is 0 Å². The van der Waals surface area contributed by atoms with E-state index in [0.717, 1.165) is 11.0 Å². The average molecular weight is 174 g/mol. The highest BCUT2D eigenvalue weighted by Crippen LogP contribution is 2.24. The SMILES string of the molecule is Cc1c(C(C)C)ccc2[nH]cnc12. The van der Waals surface area contributed by atoms with E-state index in [0.29, 0.717) is 5.92 Å². The molecule has 68 valence electrons. The maximum absolute atomic E-state index is 4.31. The molecule has 0 aliphatic heterocycles. The van der Waals surface area contributed by atoms with Gasteiger partial charge < -0.3 is 4.98 Å². The molecule has 1 aromatic heterocycles. The molecule has 0 aliphatic carbocycles. The van der Waals surface area contributed by atoms with Crippen LogP contribution < -0.4 is 0 Å². The highest BCUT2D eigenvalue weighted by molar-refractivity contribution is 5.79. The van der Waals surface area contributed by atoms with Crippen LogP contribution in [0.3, 0.4) is 0 Å². The van der Waals surface area contributed by atoms with Crippen LogP contribution in [0.25, 0.3) is 11.0 Å². The number of rotatable bonds is 1. The molecule has 2 rings (SSSR count). The second-order valence-electron chi connectivity index (χ2n) is 3.73. The van der Waals surface area contributed by atoms with Crippen molar-refractivity contribution in [3.63, 3.8) is 0 Å². The normalized spacial score (nSPS) is 11.4. The molecule has 1 N–H and O–H groups in total. The summed E-state index contributed by atoms with van der Waals surface area (Å²) in [7, 11) is 0. The summed E-state index contributed by atoms with van der Waals surface area (Å²) in [6, 6.07) is 4.28. The third kappa shape index (κ3) is 1.22. The lowest BCUT2D eigenvalue weighted by Gasteiger charge is -2.09. The third-order valence-corrected chi connectivity index (χ3v) is 2.51. The van der Waals surface area contributed by atoms with Crippen LogP contribution in [0.4, 0.5) is 0 Å². The van der Waals surface area contributed by atoms with Crippen LogP contribution in [0.5, 0.6) is 0 Å².